The molecule has 0 amide bonds. The molecule has 0 saturated carbocycles. The third kappa shape index (κ3) is 1.75. The molecule has 6 heteroatoms. The van der Waals surface area contributed by atoms with Crippen molar-refractivity contribution in [3.63, 3.8) is 0 Å². The number of hydrogen-bond acceptors (Lipinski definition) is 4. The Balaban J connectivity index is 2.59. The summed E-state index contributed by atoms with van der Waals surface area (Å²) in [7, 11) is 1.27. The van der Waals surface area contributed by atoms with Crippen molar-refractivity contribution in [1.82, 2.24) is 9.97 Å². The molecule has 3 rings (SSSR count). The van der Waals surface area contributed by atoms with E-state index in [1.165, 1.54) is 13.3 Å². The molecule has 0 unspecified atom stereocenters. The van der Waals surface area contributed by atoms with Crippen LogP contribution in [0.2, 0.25) is 5.02 Å². The fourth-order valence-electron chi connectivity index (χ4n) is 2.24. The van der Waals surface area contributed by atoms with E-state index in [1.54, 1.807) is 24.3 Å². The van der Waals surface area contributed by atoms with E-state index < -0.39 is 11.5 Å². The van der Waals surface area contributed by atoms with Crippen LogP contribution in [0.4, 0.5) is 0 Å². The number of fused-ring (bicyclic) bond motifs is 3. The lowest BCUT2D eigenvalue weighted by Gasteiger charge is -2.07. The number of carbonyl (C=O) groups is 1. The largest absolute Gasteiger partial charge is 0.465 e. The molecular weight excluding hydrogens is 280 g/mol. The van der Waals surface area contributed by atoms with Gasteiger partial charge in [0, 0.05) is 17.0 Å². The molecule has 0 spiro atoms. The highest BCUT2D eigenvalue weighted by molar-refractivity contribution is 6.37. The van der Waals surface area contributed by atoms with Gasteiger partial charge in [-0.05, 0) is 12.1 Å². The number of nitrogens with zero attached hydrogens (tertiary/aromatic N) is 1. The number of aromatic amines is 1. The van der Waals surface area contributed by atoms with Crippen LogP contribution in [0.3, 0.4) is 0 Å². The molecule has 0 aliphatic carbocycles. The van der Waals surface area contributed by atoms with Gasteiger partial charge >= 0.3 is 5.97 Å². The Morgan fingerprint density at radius 2 is 2.10 bits per heavy atom. The van der Waals surface area contributed by atoms with Crippen LogP contribution in [0.25, 0.3) is 21.8 Å². The maximum absolute atomic E-state index is 12.2. The summed E-state index contributed by atoms with van der Waals surface area (Å²) in [6, 6.07) is 6.58. The second-order valence-corrected chi connectivity index (χ2v) is 4.60. The molecule has 5 nitrogen and oxygen atoms in total. The van der Waals surface area contributed by atoms with Crippen molar-refractivity contribution in [3.8, 4) is 0 Å². The van der Waals surface area contributed by atoms with Gasteiger partial charge in [0.05, 0.1) is 23.1 Å². The van der Waals surface area contributed by atoms with E-state index in [4.69, 9.17) is 16.3 Å². The molecule has 1 aromatic carbocycles. The molecule has 0 saturated heterocycles. The number of halogens is 1. The first-order valence-electron chi connectivity index (χ1n) is 5.81. The Bertz CT molecular complexity index is 902. The zero-order valence-corrected chi connectivity index (χ0v) is 11.2. The number of hydrogen-bond donors (Lipinski definition) is 1. The fraction of sp³-hybridized carbons (Fsp3) is 0.0714. The monoisotopic (exact) mass is 288 g/mol. The molecule has 20 heavy (non-hydrogen) atoms. The number of aromatic nitrogens is 2. The number of H-pyrrole nitrogens is 1. The van der Waals surface area contributed by atoms with Crippen molar-refractivity contribution in [2.45, 2.75) is 0 Å². The summed E-state index contributed by atoms with van der Waals surface area (Å²) in [5, 5.41) is 1.89. The Labute approximate surface area is 118 Å². The molecule has 100 valence electrons. The van der Waals surface area contributed by atoms with Crippen LogP contribution in [-0.4, -0.2) is 23.0 Å². The minimum Gasteiger partial charge on any atom is -0.465 e. The SMILES string of the molecule is COC(=O)c1cccc2c1c(=O)[nH]c1nccc(Cl)c12. The van der Waals surface area contributed by atoms with E-state index in [2.05, 4.69) is 9.97 Å². The molecule has 1 N–H and O–H groups in total. The first kappa shape index (κ1) is 12.6. The summed E-state index contributed by atoms with van der Waals surface area (Å²) < 4.78 is 4.70. The van der Waals surface area contributed by atoms with E-state index in [0.717, 1.165) is 0 Å². The molecule has 0 fully saturated rings. The number of nitrogens with one attached hydrogen (secondary N) is 1. The minimum atomic E-state index is -0.569. The second kappa shape index (κ2) is 4.61. The highest BCUT2D eigenvalue weighted by Gasteiger charge is 2.16. The van der Waals surface area contributed by atoms with Crippen LogP contribution in [0.5, 0.6) is 0 Å². The summed E-state index contributed by atoms with van der Waals surface area (Å²) in [6.45, 7) is 0. The molecule has 0 aliphatic rings. The van der Waals surface area contributed by atoms with E-state index >= 15 is 0 Å². The van der Waals surface area contributed by atoms with E-state index in [9.17, 15) is 9.59 Å². The van der Waals surface area contributed by atoms with Gasteiger partial charge in [-0.15, -0.1) is 0 Å². The van der Waals surface area contributed by atoms with E-state index in [1.807, 2.05) is 0 Å². The molecule has 0 radical (unpaired) electrons. The quantitative estimate of drug-likeness (QED) is 0.552. The first-order chi connectivity index (χ1) is 9.63. The van der Waals surface area contributed by atoms with Crippen molar-refractivity contribution >= 4 is 39.4 Å². The Hall–Kier alpha value is -2.40. The zero-order chi connectivity index (χ0) is 14.3. The Morgan fingerprint density at radius 1 is 1.30 bits per heavy atom. The number of methoxy groups -OCH3 is 1. The van der Waals surface area contributed by atoms with Gasteiger partial charge in [0.1, 0.15) is 5.65 Å². The summed E-state index contributed by atoms with van der Waals surface area (Å²) in [5.74, 6) is -0.569. The Morgan fingerprint density at radius 3 is 2.85 bits per heavy atom. The van der Waals surface area contributed by atoms with E-state index in [-0.39, 0.29) is 10.9 Å². The highest BCUT2D eigenvalue weighted by Crippen LogP contribution is 2.28. The van der Waals surface area contributed by atoms with Crippen LogP contribution in [0, 0.1) is 0 Å². The lowest BCUT2D eigenvalue weighted by Crippen LogP contribution is -2.13. The van der Waals surface area contributed by atoms with Gasteiger partial charge < -0.3 is 9.72 Å². The van der Waals surface area contributed by atoms with Gasteiger partial charge in [-0.2, -0.15) is 0 Å². The van der Waals surface area contributed by atoms with Gasteiger partial charge in [0.2, 0.25) is 0 Å². The van der Waals surface area contributed by atoms with Crippen molar-refractivity contribution in [3.05, 3.63) is 51.4 Å². The maximum atomic E-state index is 12.2. The number of benzene rings is 1. The predicted molar refractivity (Wildman–Crippen MR) is 76.2 cm³/mol. The van der Waals surface area contributed by atoms with Crippen LogP contribution >= 0.6 is 11.6 Å². The summed E-state index contributed by atoms with van der Waals surface area (Å²) in [4.78, 5) is 30.7. The van der Waals surface area contributed by atoms with Gasteiger partial charge in [-0.25, -0.2) is 9.78 Å². The second-order valence-electron chi connectivity index (χ2n) is 4.19. The average molecular weight is 289 g/mol. The summed E-state index contributed by atoms with van der Waals surface area (Å²) in [6.07, 6.45) is 1.51. The van der Waals surface area contributed by atoms with E-state index in [0.29, 0.717) is 21.4 Å². The normalized spacial score (nSPS) is 10.9. The van der Waals surface area contributed by atoms with Crippen LogP contribution < -0.4 is 5.56 Å². The molecule has 0 aliphatic heterocycles. The molecule has 0 bridgehead atoms. The third-order valence-electron chi connectivity index (χ3n) is 3.10. The standard InChI is InChI=1S/C14H9ClN2O3/c1-20-14(19)8-4-2-3-7-10(8)13(18)17-12-11(7)9(15)5-6-16-12/h2-6H,1H3,(H,16,17,18). The number of pyridine rings is 2. The molecule has 3 aromatic rings. The van der Waals surface area contributed by atoms with Crippen molar-refractivity contribution < 1.29 is 9.53 Å². The van der Waals surface area contributed by atoms with Crippen molar-refractivity contribution in [2.75, 3.05) is 7.11 Å². The number of esters is 1. The third-order valence-corrected chi connectivity index (χ3v) is 3.41. The highest BCUT2D eigenvalue weighted by atomic mass is 35.5. The van der Waals surface area contributed by atoms with Gasteiger partial charge in [-0.1, -0.05) is 23.7 Å². The summed E-state index contributed by atoms with van der Waals surface area (Å²) >= 11 is 6.18. The van der Waals surface area contributed by atoms with Crippen LogP contribution in [-0.2, 0) is 4.74 Å². The first-order valence-corrected chi connectivity index (χ1v) is 6.19. The number of ether oxygens (including phenoxy) is 1. The molecule has 2 heterocycles. The molecule has 2 aromatic heterocycles. The predicted octanol–water partition coefficient (Wildman–Crippen LogP) is 2.52. The zero-order valence-electron chi connectivity index (χ0n) is 10.4. The number of carbonyl (C=O) groups excluding carboxylic acids is 1. The molecular formula is C14H9ClN2O3. The fourth-order valence-corrected chi connectivity index (χ4v) is 2.49. The lowest BCUT2D eigenvalue weighted by atomic mass is 10.0. The minimum absolute atomic E-state index is 0.202. The smallest absolute Gasteiger partial charge is 0.338 e. The van der Waals surface area contributed by atoms with Crippen LogP contribution in [0.15, 0.2) is 35.3 Å². The lowest BCUT2D eigenvalue weighted by molar-refractivity contribution is 0.0603. The van der Waals surface area contributed by atoms with Gasteiger partial charge in [0.25, 0.3) is 5.56 Å². The van der Waals surface area contributed by atoms with Crippen molar-refractivity contribution in [1.29, 1.82) is 0 Å². The van der Waals surface area contributed by atoms with Gasteiger partial charge in [-0.3, -0.25) is 4.79 Å². The number of rotatable bonds is 1. The molecule has 0 atom stereocenters. The topological polar surface area (TPSA) is 72.1 Å². The maximum Gasteiger partial charge on any atom is 0.338 e. The average Bonchev–Trinajstić information content (AvgIpc) is 2.46. The Kier molecular flexibility index (Phi) is 2.91. The van der Waals surface area contributed by atoms with Crippen LogP contribution in [0.1, 0.15) is 10.4 Å². The van der Waals surface area contributed by atoms with Gasteiger partial charge in [0.15, 0.2) is 0 Å². The summed E-state index contributed by atoms with van der Waals surface area (Å²) in [5.41, 5.74) is 0.188. The van der Waals surface area contributed by atoms with Crippen molar-refractivity contribution in [2.24, 2.45) is 0 Å².